The van der Waals surface area contributed by atoms with Crippen molar-refractivity contribution in [1.82, 2.24) is 9.13 Å². The van der Waals surface area contributed by atoms with Gasteiger partial charge in [0, 0.05) is 38.3 Å². The molecule has 1 aliphatic rings. The Labute approximate surface area is 370 Å². The molecule has 0 N–H and O–H groups in total. The molecule has 0 bridgehead atoms. The maximum Gasteiger partial charge on any atom is 0.0619 e. The summed E-state index contributed by atoms with van der Waals surface area (Å²) in [6, 6.07) is 85.3. The fourth-order valence-corrected chi connectivity index (χ4v) is 10.9. The number of aromatic nitrogens is 2. The van der Waals surface area contributed by atoms with Crippen molar-refractivity contribution in [1.29, 1.82) is 0 Å². The Morgan fingerprint density at radius 2 is 0.812 bits per heavy atom. The summed E-state index contributed by atoms with van der Waals surface area (Å²) in [5.41, 5.74) is 19.7. The predicted molar refractivity (Wildman–Crippen MR) is 271 cm³/mol. The molecule has 2 heterocycles. The highest BCUT2D eigenvalue weighted by Gasteiger charge is 2.22. The number of rotatable bonds is 5. The van der Waals surface area contributed by atoms with Crippen LogP contribution >= 0.6 is 0 Å². The third-order valence-electron chi connectivity index (χ3n) is 13.8. The molecule has 0 saturated heterocycles. The van der Waals surface area contributed by atoms with Crippen LogP contribution in [0, 0.1) is 0 Å². The van der Waals surface area contributed by atoms with Crippen molar-refractivity contribution in [3.05, 3.63) is 231 Å². The molecule has 296 valence electrons. The van der Waals surface area contributed by atoms with Gasteiger partial charge in [0.05, 0.1) is 22.1 Å². The van der Waals surface area contributed by atoms with Gasteiger partial charge < -0.3 is 9.13 Å². The summed E-state index contributed by atoms with van der Waals surface area (Å²) >= 11 is 0. The lowest BCUT2D eigenvalue weighted by atomic mass is 9.96. The Hall–Kier alpha value is -8.46. The monoisotopic (exact) mass is 810 g/mol. The van der Waals surface area contributed by atoms with Crippen molar-refractivity contribution in [2.45, 2.75) is 0 Å². The van der Waals surface area contributed by atoms with Gasteiger partial charge in [-0.05, 0) is 126 Å². The number of hydrogen-bond donors (Lipinski definition) is 0. The lowest BCUT2D eigenvalue weighted by Crippen LogP contribution is -1.95. The van der Waals surface area contributed by atoms with Crippen molar-refractivity contribution >= 4 is 65.2 Å². The van der Waals surface area contributed by atoms with E-state index in [1.54, 1.807) is 0 Å². The molecule has 0 fully saturated rings. The van der Waals surface area contributed by atoms with E-state index < -0.39 is 0 Å². The van der Waals surface area contributed by atoms with E-state index in [9.17, 15) is 0 Å². The van der Waals surface area contributed by atoms with Gasteiger partial charge in [0.1, 0.15) is 0 Å². The fraction of sp³-hybridized carbons (Fsp3) is 0. The second-order valence-electron chi connectivity index (χ2n) is 17.3. The largest absolute Gasteiger partial charge is 0.309 e. The number of fused-ring (bicyclic) bond motifs is 11. The van der Waals surface area contributed by atoms with E-state index in [1.807, 2.05) is 0 Å². The van der Waals surface area contributed by atoms with E-state index in [2.05, 4.69) is 240 Å². The van der Waals surface area contributed by atoms with Gasteiger partial charge in [-0.3, -0.25) is 0 Å². The zero-order valence-electron chi connectivity index (χ0n) is 34.8. The smallest absolute Gasteiger partial charge is 0.0619 e. The Morgan fingerprint density at radius 3 is 1.66 bits per heavy atom. The van der Waals surface area contributed by atoms with Crippen molar-refractivity contribution in [3.8, 4) is 67.0 Å². The van der Waals surface area contributed by atoms with E-state index in [4.69, 9.17) is 0 Å². The quantitative estimate of drug-likeness (QED) is 0.164. The first-order valence-electron chi connectivity index (χ1n) is 22.2. The summed E-state index contributed by atoms with van der Waals surface area (Å²) in [4.78, 5) is 0. The van der Waals surface area contributed by atoms with E-state index in [-0.39, 0.29) is 0 Å². The van der Waals surface area contributed by atoms with Crippen LogP contribution in [-0.2, 0) is 0 Å². The number of para-hydroxylation sites is 2. The normalized spacial score (nSPS) is 12.1. The molecule has 2 heteroatoms. The third kappa shape index (κ3) is 5.14. The minimum Gasteiger partial charge on any atom is -0.309 e. The number of nitrogens with zero attached hydrogens (tertiary/aromatic N) is 2. The van der Waals surface area contributed by atoms with Gasteiger partial charge in [0.15, 0.2) is 0 Å². The molecule has 2 nitrogen and oxygen atoms in total. The molecule has 0 spiro atoms. The molecule has 1 aliphatic carbocycles. The molecule has 0 amide bonds. The molecule has 0 atom stereocenters. The minimum atomic E-state index is 1.15. The lowest BCUT2D eigenvalue weighted by molar-refractivity contribution is 1.18. The van der Waals surface area contributed by atoms with Crippen molar-refractivity contribution in [3.63, 3.8) is 0 Å². The Morgan fingerprint density at radius 1 is 0.234 bits per heavy atom. The van der Waals surface area contributed by atoms with E-state index in [0.717, 1.165) is 5.69 Å². The van der Waals surface area contributed by atoms with Crippen LogP contribution in [0.25, 0.3) is 132 Å². The van der Waals surface area contributed by atoms with Crippen LogP contribution in [-0.4, -0.2) is 9.13 Å². The summed E-state index contributed by atoms with van der Waals surface area (Å²) in [6.45, 7) is 0. The van der Waals surface area contributed by atoms with Crippen LogP contribution in [0.15, 0.2) is 231 Å². The third-order valence-corrected chi connectivity index (χ3v) is 13.8. The molecule has 11 aromatic carbocycles. The van der Waals surface area contributed by atoms with Crippen LogP contribution in [0.5, 0.6) is 0 Å². The molecular weight excluding hydrogens is 773 g/mol. The molecule has 13 aromatic rings. The lowest BCUT2D eigenvalue weighted by Gasteiger charge is -2.13. The van der Waals surface area contributed by atoms with Gasteiger partial charge in [-0.2, -0.15) is 0 Å². The summed E-state index contributed by atoms with van der Waals surface area (Å²) in [7, 11) is 0. The maximum atomic E-state index is 2.48. The average molecular weight is 811 g/mol. The summed E-state index contributed by atoms with van der Waals surface area (Å²) in [5.74, 6) is 0. The van der Waals surface area contributed by atoms with Gasteiger partial charge in [-0.15, -0.1) is 0 Å². The first-order valence-corrected chi connectivity index (χ1v) is 22.2. The highest BCUT2D eigenvalue weighted by molar-refractivity contribution is 6.20. The molecule has 0 unspecified atom stereocenters. The van der Waals surface area contributed by atoms with Crippen LogP contribution < -0.4 is 0 Å². The van der Waals surface area contributed by atoms with E-state index >= 15 is 0 Å². The summed E-state index contributed by atoms with van der Waals surface area (Å²) < 4.78 is 4.88. The first-order chi connectivity index (χ1) is 31.7. The molecule has 2 aromatic heterocycles. The molecule has 0 aliphatic heterocycles. The Balaban J connectivity index is 0.878. The molecule has 64 heavy (non-hydrogen) atoms. The SMILES string of the molecule is c1ccc(-n2c3ccccc3c3ccc(-c4ccc5c(c4)c4ccc6ccccc6c4n5-c4cccc(-c5ccc(-c6ccc7c(c6)-c6cccc8cccc-7c68)cc5)c4)cc32)cc1. The van der Waals surface area contributed by atoms with E-state index in [1.165, 1.54) is 126 Å². The fourth-order valence-electron chi connectivity index (χ4n) is 10.9. The summed E-state index contributed by atoms with van der Waals surface area (Å²) in [5, 5.41) is 10.2. The molecular formula is C62H38N2. The van der Waals surface area contributed by atoms with Crippen molar-refractivity contribution in [2.75, 3.05) is 0 Å². The zero-order chi connectivity index (χ0) is 41.9. The Kier molecular flexibility index (Phi) is 7.43. The summed E-state index contributed by atoms with van der Waals surface area (Å²) in [6.07, 6.45) is 0. The number of benzene rings is 11. The Bertz CT molecular complexity index is 4050. The molecule has 0 saturated carbocycles. The first kappa shape index (κ1) is 35.2. The van der Waals surface area contributed by atoms with Gasteiger partial charge >= 0.3 is 0 Å². The van der Waals surface area contributed by atoms with Gasteiger partial charge in [0.2, 0.25) is 0 Å². The molecule has 0 radical (unpaired) electrons. The van der Waals surface area contributed by atoms with Crippen LogP contribution in [0.1, 0.15) is 0 Å². The topological polar surface area (TPSA) is 9.86 Å². The predicted octanol–water partition coefficient (Wildman–Crippen LogP) is 16.8. The van der Waals surface area contributed by atoms with Crippen LogP contribution in [0.4, 0.5) is 0 Å². The average Bonchev–Trinajstić information content (AvgIpc) is 4.00. The standard InChI is InChI=1S/C62H38N2/c1-2-15-47(16-3-1)63-58-22-7-6-19-51(58)52-32-29-46(38-60(52)63)45-30-34-59-57(37-45)55-33-27-41-11-4-5-18-49(41)62(55)64(59)48-17-8-14-43(35-48)39-23-25-40(26-24-39)44-28-31-50-53-20-9-12-42-13-10-21-54(61(42)53)56(50)36-44/h1-38H. The highest BCUT2D eigenvalue weighted by Crippen LogP contribution is 2.48. The highest BCUT2D eigenvalue weighted by atomic mass is 15.0. The molecule has 14 rings (SSSR count). The second-order valence-corrected chi connectivity index (χ2v) is 17.3. The zero-order valence-corrected chi connectivity index (χ0v) is 34.8. The van der Waals surface area contributed by atoms with E-state index in [0.29, 0.717) is 0 Å². The van der Waals surface area contributed by atoms with Crippen LogP contribution in [0.3, 0.4) is 0 Å². The van der Waals surface area contributed by atoms with Gasteiger partial charge in [-0.25, -0.2) is 0 Å². The van der Waals surface area contributed by atoms with Gasteiger partial charge in [-0.1, -0.05) is 176 Å². The van der Waals surface area contributed by atoms with Crippen LogP contribution in [0.2, 0.25) is 0 Å². The van der Waals surface area contributed by atoms with Crippen molar-refractivity contribution in [2.24, 2.45) is 0 Å². The minimum absolute atomic E-state index is 1.15. The van der Waals surface area contributed by atoms with Crippen molar-refractivity contribution < 1.29 is 0 Å². The van der Waals surface area contributed by atoms with Gasteiger partial charge in [0.25, 0.3) is 0 Å². The second kappa shape index (κ2) is 13.5. The maximum absolute atomic E-state index is 2.48. The number of hydrogen-bond acceptors (Lipinski definition) is 0.